The molecule has 140 valence electrons. The zero-order valence-electron chi connectivity index (χ0n) is 15.0. The van der Waals surface area contributed by atoms with Crippen molar-refractivity contribution >= 4 is 32.4 Å². The Kier molecular flexibility index (Phi) is 5.40. The lowest BCUT2D eigenvalue weighted by atomic mass is 10.0. The van der Waals surface area contributed by atoms with Crippen molar-refractivity contribution in [2.24, 2.45) is 0 Å². The van der Waals surface area contributed by atoms with Crippen LogP contribution in [0, 0.1) is 0 Å². The van der Waals surface area contributed by atoms with Gasteiger partial charge >= 0.3 is 0 Å². The van der Waals surface area contributed by atoms with Gasteiger partial charge in [-0.3, -0.25) is 10.1 Å². The Morgan fingerprint density at radius 3 is 2.58 bits per heavy atom. The van der Waals surface area contributed by atoms with Crippen LogP contribution in [0.1, 0.15) is 38.2 Å². The first-order chi connectivity index (χ1) is 12.3. The number of anilines is 1. The van der Waals surface area contributed by atoms with Crippen molar-refractivity contribution in [1.82, 2.24) is 14.5 Å². The van der Waals surface area contributed by atoms with Crippen molar-refractivity contribution in [2.45, 2.75) is 38.6 Å². The Labute approximate surface area is 157 Å². The lowest BCUT2D eigenvalue weighted by Gasteiger charge is -2.20. The highest BCUT2D eigenvalue weighted by Gasteiger charge is 2.36. The fourth-order valence-electron chi connectivity index (χ4n) is 2.99. The molecule has 1 aliphatic rings. The van der Waals surface area contributed by atoms with Crippen molar-refractivity contribution in [3.63, 3.8) is 0 Å². The molecule has 0 saturated carbocycles. The largest absolute Gasteiger partial charge is 0.299 e. The summed E-state index contributed by atoms with van der Waals surface area (Å²) in [6.07, 6.45) is 2.32. The Balaban J connectivity index is 1.71. The maximum atomic E-state index is 12.5. The highest BCUT2D eigenvalue weighted by atomic mass is 32.2. The third kappa shape index (κ3) is 4.11. The van der Waals surface area contributed by atoms with Gasteiger partial charge in [0.15, 0.2) is 0 Å². The number of nitrogens with one attached hydrogen (secondary N) is 1. The fourth-order valence-corrected chi connectivity index (χ4v) is 4.86. The molecule has 1 amide bonds. The van der Waals surface area contributed by atoms with Gasteiger partial charge in [-0.05, 0) is 24.3 Å². The van der Waals surface area contributed by atoms with Gasteiger partial charge in [-0.1, -0.05) is 49.4 Å². The number of rotatable bonds is 5. The summed E-state index contributed by atoms with van der Waals surface area (Å²) in [5, 5.41) is 11.9. The zero-order chi connectivity index (χ0) is 18.9. The van der Waals surface area contributed by atoms with Gasteiger partial charge in [-0.2, -0.15) is 4.31 Å². The van der Waals surface area contributed by atoms with Crippen LogP contribution in [-0.4, -0.2) is 47.7 Å². The van der Waals surface area contributed by atoms with Crippen molar-refractivity contribution in [1.29, 1.82) is 0 Å². The summed E-state index contributed by atoms with van der Waals surface area (Å²) in [6.45, 7) is 4.65. The molecule has 1 fully saturated rings. The second kappa shape index (κ2) is 7.42. The number of nitrogens with zero attached hydrogens (tertiary/aromatic N) is 3. The minimum atomic E-state index is -3.40. The van der Waals surface area contributed by atoms with E-state index in [0.717, 1.165) is 11.8 Å². The molecule has 1 aromatic heterocycles. The second-order valence-corrected chi connectivity index (χ2v) is 9.62. The first-order valence-corrected chi connectivity index (χ1v) is 11.1. The molecule has 1 N–H and O–H groups in total. The number of aromatic nitrogens is 2. The Hall–Kier alpha value is -1.84. The third-order valence-electron chi connectivity index (χ3n) is 4.41. The standard InChI is InChI=1S/C17H22N4O3S2/c1-11(2)12-6-8-13(9-7-12)16-19-20-17(25-16)18-15(22)14-5-4-10-21(14)26(3,23)24/h6-9,11,14H,4-5,10H2,1-3H3,(H,18,20,22)/t14-/m1/s1. The van der Waals surface area contributed by atoms with E-state index in [9.17, 15) is 13.2 Å². The predicted molar refractivity (Wildman–Crippen MR) is 103 cm³/mol. The number of sulfonamides is 1. The van der Waals surface area contributed by atoms with E-state index in [-0.39, 0.29) is 5.91 Å². The van der Waals surface area contributed by atoms with Gasteiger partial charge in [-0.15, -0.1) is 10.2 Å². The highest BCUT2D eigenvalue weighted by Crippen LogP contribution is 2.29. The van der Waals surface area contributed by atoms with Gasteiger partial charge < -0.3 is 0 Å². The monoisotopic (exact) mass is 394 g/mol. The van der Waals surface area contributed by atoms with E-state index in [1.165, 1.54) is 21.2 Å². The third-order valence-corrected chi connectivity index (χ3v) is 6.59. The average molecular weight is 395 g/mol. The van der Waals surface area contributed by atoms with Crippen LogP contribution in [0.2, 0.25) is 0 Å². The van der Waals surface area contributed by atoms with E-state index >= 15 is 0 Å². The molecule has 3 rings (SSSR count). The van der Waals surface area contributed by atoms with Crippen LogP contribution in [0.5, 0.6) is 0 Å². The number of hydrogen-bond acceptors (Lipinski definition) is 6. The van der Waals surface area contributed by atoms with Gasteiger partial charge in [0.25, 0.3) is 0 Å². The van der Waals surface area contributed by atoms with Crippen molar-refractivity contribution in [3.05, 3.63) is 29.8 Å². The van der Waals surface area contributed by atoms with Gasteiger partial charge in [0.2, 0.25) is 21.1 Å². The predicted octanol–water partition coefficient (Wildman–Crippen LogP) is 2.69. The molecule has 0 unspecified atom stereocenters. The van der Waals surface area contributed by atoms with Gasteiger partial charge in [0.05, 0.1) is 6.26 Å². The Morgan fingerprint density at radius 2 is 1.96 bits per heavy atom. The van der Waals surface area contributed by atoms with Crippen LogP contribution in [0.4, 0.5) is 5.13 Å². The summed E-state index contributed by atoms with van der Waals surface area (Å²) in [7, 11) is -3.40. The summed E-state index contributed by atoms with van der Waals surface area (Å²) in [5.41, 5.74) is 2.18. The first-order valence-electron chi connectivity index (χ1n) is 8.47. The molecule has 0 aliphatic carbocycles. The van der Waals surface area contributed by atoms with Crippen LogP contribution in [0.25, 0.3) is 10.6 Å². The normalized spacial score (nSPS) is 18.4. The summed E-state index contributed by atoms with van der Waals surface area (Å²) >= 11 is 1.27. The molecule has 1 atom stereocenters. The molecular weight excluding hydrogens is 372 g/mol. The van der Waals surface area contributed by atoms with E-state index in [1.807, 2.05) is 12.1 Å². The SMILES string of the molecule is CC(C)c1ccc(-c2nnc(NC(=O)[C@H]3CCCN3S(C)(=O)=O)s2)cc1. The molecule has 26 heavy (non-hydrogen) atoms. The number of amides is 1. The molecule has 1 saturated heterocycles. The lowest BCUT2D eigenvalue weighted by molar-refractivity contribution is -0.119. The molecule has 1 aromatic carbocycles. The molecule has 7 nitrogen and oxygen atoms in total. The van der Waals surface area contributed by atoms with E-state index in [0.29, 0.717) is 35.4 Å². The van der Waals surface area contributed by atoms with Crippen molar-refractivity contribution in [3.8, 4) is 10.6 Å². The quantitative estimate of drug-likeness (QED) is 0.842. The fraction of sp³-hybridized carbons (Fsp3) is 0.471. The molecule has 0 radical (unpaired) electrons. The molecule has 0 bridgehead atoms. The first kappa shape index (κ1) is 18.9. The van der Waals surface area contributed by atoms with E-state index in [1.54, 1.807) is 0 Å². The smallest absolute Gasteiger partial charge is 0.244 e. The van der Waals surface area contributed by atoms with Crippen LogP contribution in [0.3, 0.4) is 0 Å². The van der Waals surface area contributed by atoms with Gasteiger partial charge in [0, 0.05) is 12.1 Å². The second-order valence-electron chi connectivity index (χ2n) is 6.71. The van der Waals surface area contributed by atoms with Crippen LogP contribution in [0.15, 0.2) is 24.3 Å². The van der Waals surface area contributed by atoms with Crippen LogP contribution in [-0.2, 0) is 14.8 Å². The van der Waals surface area contributed by atoms with Crippen LogP contribution >= 0.6 is 11.3 Å². The number of benzene rings is 1. The van der Waals surface area contributed by atoms with E-state index in [4.69, 9.17) is 0 Å². The summed E-state index contributed by atoms with van der Waals surface area (Å²) in [4.78, 5) is 12.5. The average Bonchev–Trinajstić information content (AvgIpc) is 3.23. The lowest BCUT2D eigenvalue weighted by Crippen LogP contribution is -2.42. The number of carbonyl (C=O) groups is 1. The molecular formula is C17H22N4O3S2. The van der Waals surface area contributed by atoms with Crippen molar-refractivity contribution < 1.29 is 13.2 Å². The Morgan fingerprint density at radius 1 is 1.27 bits per heavy atom. The molecule has 0 spiro atoms. The van der Waals surface area contributed by atoms with Crippen LogP contribution < -0.4 is 5.32 Å². The van der Waals surface area contributed by atoms with E-state index < -0.39 is 16.1 Å². The Bertz CT molecular complexity index is 891. The minimum absolute atomic E-state index is 0.356. The zero-order valence-corrected chi connectivity index (χ0v) is 16.6. The van der Waals surface area contributed by atoms with Crippen molar-refractivity contribution in [2.75, 3.05) is 18.1 Å². The number of carbonyl (C=O) groups excluding carboxylic acids is 1. The van der Waals surface area contributed by atoms with E-state index in [2.05, 4.69) is 41.5 Å². The summed E-state index contributed by atoms with van der Waals surface area (Å²) in [5.74, 6) is 0.100. The summed E-state index contributed by atoms with van der Waals surface area (Å²) in [6, 6.07) is 7.42. The molecule has 2 aromatic rings. The number of hydrogen-bond donors (Lipinski definition) is 1. The highest BCUT2D eigenvalue weighted by molar-refractivity contribution is 7.88. The van der Waals surface area contributed by atoms with Gasteiger partial charge in [0.1, 0.15) is 11.0 Å². The molecule has 9 heteroatoms. The maximum Gasteiger partial charge on any atom is 0.244 e. The molecule has 1 aliphatic heterocycles. The minimum Gasteiger partial charge on any atom is -0.299 e. The maximum absolute atomic E-state index is 12.5. The van der Waals surface area contributed by atoms with Gasteiger partial charge in [-0.25, -0.2) is 8.42 Å². The summed E-state index contributed by atoms with van der Waals surface area (Å²) < 4.78 is 24.8. The molecule has 2 heterocycles. The topological polar surface area (TPSA) is 92.3 Å².